The van der Waals surface area contributed by atoms with E-state index in [9.17, 15) is 8.76 Å². The van der Waals surface area contributed by atoms with Crippen molar-refractivity contribution in [2.45, 2.75) is 4.90 Å². The zero-order chi connectivity index (χ0) is 9.43. The monoisotopic (exact) mass is 251 g/mol. The van der Waals surface area contributed by atoms with Crippen molar-refractivity contribution in [3.05, 3.63) is 28.7 Å². The third-order valence-corrected chi connectivity index (χ3v) is 3.33. The van der Waals surface area contributed by atoms with Gasteiger partial charge < -0.3 is 0 Å². The van der Waals surface area contributed by atoms with Gasteiger partial charge in [-0.3, -0.25) is 4.55 Å². The standard InChI is InChI=1S/C7H10BrNO2S/c1-12(9,10,11)7-4-2-6(8)3-5-7/h2-5H,1H3,(H3,9,10,11). The number of hydrogen-bond acceptors (Lipinski definition) is 1. The van der Waals surface area contributed by atoms with Crippen LogP contribution in [0.1, 0.15) is 0 Å². The van der Waals surface area contributed by atoms with E-state index in [2.05, 4.69) is 15.9 Å². The van der Waals surface area contributed by atoms with Crippen molar-refractivity contribution >= 4 is 25.5 Å². The maximum absolute atomic E-state index is 11.4. The third kappa shape index (κ3) is 2.38. The van der Waals surface area contributed by atoms with E-state index in [0.29, 0.717) is 0 Å². The number of nitrogens with two attached hydrogens (primary N) is 1. The molecule has 0 fully saturated rings. The van der Waals surface area contributed by atoms with Crippen LogP contribution in [0.3, 0.4) is 0 Å². The highest BCUT2D eigenvalue weighted by molar-refractivity contribution is 9.10. The fraction of sp³-hybridized carbons (Fsp3) is 0.143. The maximum Gasteiger partial charge on any atom is 0.0685 e. The van der Waals surface area contributed by atoms with Gasteiger partial charge in [-0.2, -0.15) is 4.21 Å². The summed E-state index contributed by atoms with van der Waals surface area (Å²) in [6, 6.07) is 6.41. The third-order valence-electron chi connectivity index (χ3n) is 1.39. The molecule has 0 aromatic heterocycles. The van der Waals surface area contributed by atoms with E-state index in [0.717, 1.165) is 10.7 Å². The van der Waals surface area contributed by atoms with Crippen LogP contribution in [0.15, 0.2) is 33.6 Å². The molecule has 0 radical (unpaired) electrons. The largest absolute Gasteiger partial charge is 0.286 e. The Kier molecular flexibility index (Phi) is 2.16. The van der Waals surface area contributed by atoms with Gasteiger partial charge in [-0.25, -0.2) is 5.14 Å². The summed E-state index contributed by atoms with van der Waals surface area (Å²) in [6.45, 7) is 0. The van der Waals surface area contributed by atoms with E-state index in [-0.39, 0.29) is 4.90 Å². The van der Waals surface area contributed by atoms with Gasteiger partial charge in [-0.1, -0.05) is 15.9 Å². The Hall–Kier alpha value is -0.230. The molecule has 68 valence electrons. The van der Waals surface area contributed by atoms with Crippen molar-refractivity contribution in [2.75, 3.05) is 6.26 Å². The number of hydrogen-bond donors (Lipinski definition) is 2. The van der Waals surface area contributed by atoms with Crippen molar-refractivity contribution in [1.29, 1.82) is 0 Å². The predicted octanol–water partition coefficient (Wildman–Crippen LogP) is 1.60. The zero-order valence-electron chi connectivity index (χ0n) is 6.53. The molecule has 1 aromatic rings. The topological polar surface area (TPSA) is 63.3 Å². The Morgan fingerprint density at radius 1 is 1.42 bits per heavy atom. The summed E-state index contributed by atoms with van der Waals surface area (Å²) < 4.78 is 21.6. The number of benzene rings is 1. The van der Waals surface area contributed by atoms with Gasteiger partial charge >= 0.3 is 0 Å². The molecule has 0 aliphatic carbocycles. The Bertz CT molecular complexity index is 343. The van der Waals surface area contributed by atoms with Gasteiger partial charge in [-0.05, 0) is 24.3 Å². The van der Waals surface area contributed by atoms with E-state index in [1.54, 1.807) is 12.1 Å². The first-order valence-corrected chi connectivity index (χ1v) is 6.40. The van der Waals surface area contributed by atoms with Gasteiger partial charge in [0.05, 0.1) is 4.90 Å². The van der Waals surface area contributed by atoms with Gasteiger partial charge in [0, 0.05) is 10.7 Å². The summed E-state index contributed by atoms with van der Waals surface area (Å²) in [5, 5.41) is 5.24. The average Bonchev–Trinajstić information content (AvgIpc) is 1.84. The van der Waals surface area contributed by atoms with Crippen LogP contribution < -0.4 is 5.14 Å². The zero-order valence-corrected chi connectivity index (χ0v) is 8.93. The summed E-state index contributed by atoms with van der Waals surface area (Å²) in [7, 11) is -4.05. The fourth-order valence-corrected chi connectivity index (χ4v) is 1.83. The molecule has 5 heteroatoms. The van der Waals surface area contributed by atoms with Crippen molar-refractivity contribution < 1.29 is 8.76 Å². The molecule has 0 saturated carbocycles. The molecule has 1 rings (SSSR count). The minimum atomic E-state index is -4.05. The Balaban J connectivity index is 3.24. The lowest BCUT2D eigenvalue weighted by atomic mass is 10.4. The van der Waals surface area contributed by atoms with E-state index >= 15 is 0 Å². The van der Waals surface area contributed by atoms with Crippen LogP contribution in [0, 0.1) is 0 Å². The summed E-state index contributed by atoms with van der Waals surface area (Å²) in [4.78, 5) is 0.246. The Morgan fingerprint density at radius 2 is 1.83 bits per heavy atom. The lowest BCUT2D eigenvalue weighted by molar-refractivity contribution is 0.521. The van der Waals surface area contributed by atoms with Gasteiger partial charge in [0.25, 0.3) is 0 Å². The highest BCUT2D eigenvalue weighted by Crippen LogP contribution is 2.23. The molecule has 0 spiro atoms. The van der Waals surface area contributed by atoms with E-state index in [1.165, 1.54) is 12.1 Å². The van der Waals surface area contributed by atoms with Crippen molar-refractivity contribution in [3.8, 4) is 0 Å². The lowest BCUT2D eigenvalue weighted by Gasteiger charge is -2.33. The average molecular weight is 252 g/mol. The van der Waals surface area contributed by atoms with Crippen LogP contribution in [0.4, 0.5) is 0 Å². The van der Waals surface area contributed by atoms with E-state index in [1.807, 2.05) is 0 Å². The predicted molar refractivity (Wildman–Crippen MR) is 53.3 cm³/mol. The van der Waals surface area contributed by atoms with Crippen LogP contribution in [0.2, 0.25) is 0 Å². The highest BCUT2D eigenvalue weighted by Gasteiger charge is 2.16. The van der Waals surface area contributed by atoms with Gasteiger partial charge in [0.2, 0.25) is 0 Å². The van der Waals surface area contributed by atoms with Crippen molar-refractivity contribution in [2.24, 2.45) is 5.14 Å². The lowest BCUT2D eigenvalue weighted by Crippen LogP contribution is -2.40. The smallest absolute Gasteiger partial charge is 0.0685 e. The molecular weight excluding hydrogens is 242 g/mol. The van der Waals surface area contributed by atoms with Crippen LogP contribution >= 0.6 is 15.9 Å². The highest BCUT2D eigenvalue weighted by atomic mass is 79.9. The van der Waals surface area contributed by atoms with Crippen molar-refractivity contribution in [1.82, 2.24) is 0 Å². The SMILES string of the molecule is CS(N)(=O)(O)c1ccc(Br)cc1. The first-order chi connectivity index (χ1) is 5.26. The summed E-state index contributed by atoms with van der Waals surface area (Å²) in [5.41, 5.74) is 0. The molecule has 0 saturated heterocycles. The normalized spacial score (nSPS) is 15.2. The summed E-state index contributed by atoms with van der Waals surface area (Å²) in [6.07, 6.45) is 1.13. The molecule has 0 unspecified atom stereocenters. The fourth-order valence-electron chi connectivity index (χ4n) is 0.766. The second kappa shape index (κ2) is 2.63. The second-order valence-corrected chi connectivity index (χ2v) is 6.91. The molecule has 0 atom stereocenters. The number of rotatable bonds is 1. The molecule has 0 bridgehead atoms. The second-order valence-electron chi connectivity index (χ2n) is 2.81. The Labute approximate surface area is 79.5 Å². The molecule has 0 heterocycles. The molecule has 0 aliphatic rings. The summed E-state index contributed by atoms with van der Waals surface area (Å²) >= 11 is 3.22. The van der Waals surface area contributed by atoms with Gasteiger partial charge in [-0.15, -0.1) is 9.53 Å². The van der Waals surface area contributed by atoms with Crippen LogP contribution in [0.25, 0.3) is 0 Å². The Morgan fingerprint density at radius 3 is 2.17 bits per heavy atom. The molecule has 0 amide bonds. The van der Waals surface area contributed by atoms with Crippen LogP contribution in [-0.4, -0.2) is 15.0 Å². The van der Waals surface area contributed by atoms with E-state index in [4.69, 9.17) is 5.14 Å². The molecule has 1 aromatic carbocycles. The van der Waals surface area contributed by atoms with E-state index < -0.39 is 9.53 Å². The maximum atomic E-state index is 11.4. The molecule has 3 N–H and O–H groups in total. The molecular formula is C7H10BrNO2S. The number of halogens is 1. The van der Waals surface area contributed by atoms with Crippen LogP contribution in [-0.2, 0) is 9.53 Å². The first-order valence-electron chi connectivity index (χ1n) is 3.21. The minimum Gasteiger partial charge on any atom is -0.286 e. The van der Waals surface area contributed by atoms with Gasteiger partial charge in [0.1, 0.15) is 0 Å². The van der Waals surface area contributed by atoms with Crippen LogP contribution in [0.5, 0.6) is 0 Å². The quantitative estimate of drug-likeness (QED) is 0.797. The molecule has 12 heavy (non-hydrogen) atoms. The van der Waals surface area contributed by atoms with Crippen molar-refractivity contribution in [3.63, 3.8) is 0 Å². The minimum absolute atomic E-state index is 0.246. The first kappa shape index (κ1) is 9.85. The molecule has 0 aliphatic heterocycles. The molecule has 3 nitrogen and oxygen atoms in total. The summed E-state index contributed by atoms with van der Waals surface area (Å²) in [5.74, 6) is 0. The van der Waals surface area contributed by atoms with Gasteiger partial charge in [0.15, 0.2) is 0 Å².